The monoisotopic (exact) mass is 242 g/mol. The molecule has 0 aliphatic carbocycles. The molecule has 0 bridgehead atoms. The summed E-state index contributed by atoms with van der Waals surface area (Å²) >= 11 is 5.89. The van der Waals surface area contributed by atoms with Crippen molar-refractivity contribution in [3.8, 4) is 5.75 Å². The number of phenolic OH excluding ortho intramolecular Hbond substituents is 1. The predicted molar refractivity (Wildman–Crippen MR) is 63.1 cm³/mol. The molecule has 0 aromatic heterocycles. The summed E-state index contributed by atoms with van der Waals surface area (Å²) in [6, 6.07) is 1.83. The Labute approximate surface area is 99.7 Å². The highest BCUT2D eigenvalue weighted by atomic mass is 35.5. The van der Waals surface area contributed by atoms with Crippen LogP contribution in [0, 0.1) is 19.8 Å². The fourth-order valence-electron chi connectivity index (χ4n) is 1.57. The molecule has 16 heavy (non-hydrogen) atoms. The maximum Gasteiger partial charge on any atom is 0.306 e. The van der Waals surface area contributed by atoms with Gasteiger partial charge < -0.3 is 10.2 Å². The minimum atomic E-state index is -0.841. The molecule has 0 heterocycles. The maximum absolute atomic E-state index is 10.8. The number of hydrogen-bond donors (Lipinski definition) is 2. The molecule has 3 nitrogen and oxygen atoms in total. The van der Waals surface area contributed by atoms with E-state index in [1.165, 1.54) is 0 Å². The average Bonchev–Trinajstić information content (AvgIpc) is 2.22. The lowest BCUT2D eigenvalue weighted by Gasteiger charge is -2.13. The lowest BCUT2D eigenvalue weighted by Crippen LogP contribution is -2.13. The van der Waals surface area contributed by atoms with E-state index in [2.05, 4.69) is 0 Å². The number of carboxylic acid groups (broad SMARTS) is 1. The summed E-state index contributed by atoms with van der Waals surface area (Å²) in [6.45, 7) is 5.17. The molecule has 1 unspecified atom stereocenters. The summed E-state index contributed by atoms with van der Waals surface area (Å²) in [5.41, 5.74) is 2.25. The van der Waals surface area contributed by atoms with Crippen LogP contribution in [0.3, 0.4) is 0 Å². The third-order valence-electron chi connectivity index (χ3n) is 2.73. The van der Waals surface area contributed by atoms with Crippen molar-refractivity contribution in [3.63, 3.8) is 0 Å². The molecule has 88 valence electrons. The van der Waals surface area contributed by atoms with E-state index in [0.717, 1.165) is 11.1 Å². The van der Waals surface area contributed by atoms with E-state index in [0.29, 0.717) is 17.0 Å². The van der Waals surface area contributed by atoms with Gasteiger partial charge >= 0.3 is 5.97 Å². The normalized spacial score (nSPS) is 12.5. The highest BCUT2D eigenvalue weighted by Crippen LogP contribution is 2.33. The second kappa shape index (κ2) is 4.74. The summed E-state index contributed by atoms with van der Waals surface area (Å²) < 4.78 is 0. The summed E-state index contributed by atoms with van der Waals surface area (Å²) in [5, 5.41) is 18.9. The fourth-order valence-corrected chi connectivity index (χ4v) is 1.76. The minimum Gasteiger partial charge on any atom is -0.506 e. The van der Waals surface area contributed by atoms with Gasteiger partial charge in [-0.25, -0.2) is 0 Å². The standard InChI is InChI=1S/C12H15ClO3/c1-6-4-9(5-7(2)12(15)16)8(3)11(14)10(6)13/h4,7,14H,5H2,1-3H3,(H,15,16). The van der Waals surface area contributed by atoms with Crippen molar-refractivity contribution >= 4 is 17.6 Å². The summed E-state index contributed by atoms with van der Waals surface area (Å²) in [7, 11) is 0. The van der Waals surface area contributed by atoms with Gasteiger partial charge in [-0.2, -0.15) is 0 Å². The number of benzene rings is 1. The Morgan fingerprint density at radius 1 is 1.50 bits per heavy atom. The van der Waals surface area contributed by atoms with Gasteiger partial charge in [0, 0.05) is 0 Å². The number of aromatic hydroxyl groups is 1. The molecule has 4 heteroatoms. The van der Waals surface area contributed by atoms with Crippen molar-refractivity contribution in [2.24, 2.45) is 5.92 Å². The van der Waals surface area contributed by atoms with Gasteiger partial charge in [0.1, 0.15) is 5.75 Å². The highest BCUT2D eigenvalue weighted by molar-refractivity contribution is 6.32. The van der Waals surface area contributed by atoms with E-state index < -0.39 is 11.9 Å². The van der Waals surface area contributed by atoms with Crippen LogP contribution in [0.4, 0.5) is 0 Å². The molecule has 0 fully saturated rings. The predicted octanol–water partition coefficient (Wildman–Crippen LogP) is 2.93. The largest absolute Gasteiger partial charge is 0.506 e. The van der Waals surface area contributed by atoms with Crippen molar-refractivity contribution in [2.75, 3.05) is 0 Å². The molecular formula is C12H15ClO3. The van der Waals surface area contributed by atoms with Crippen LogP contribution >= 0.6 is 11.6 Å². The topological polar surface area (TPSA) is 57.5 Å². The molecule has 0 aliphatic rings. The molecule has 1 rings (SSSR count). The molecule has 0 amide bonds. The Bertz CT molecular complexity index is 427. The number of halogens is 1. The van der Waals surface area contributed by atoms with Crippen molar-refractivity contribution in [3.05, 3.63) is 27.8 Å². The van der Waals surface area contributed by atoms with Gasteiger partial charge in [0.05, 0.1) is 10.9 Å². The number of carbonyl (C=O) groups is 1. The SMILES string of the molecule is Cc1cc(CC(C)C(=O)O)c(C)c(O)c1Cl. The maximum atomic E-state index is 10.8. The first-order chi connectivity index (χ1) is 7.34. The lowest BCUT2D eigenvalue weighted by atomic mass is 9.95. The van der Waals surface area contributed by atoms with Gasteiger partial charge in [-0.05, 0) is 37.0 Å². The van der Waals surface area contributed by atoms with Gasteiger partial charge in [0.25, 0.3) is 0 Å². The Morgan fingerprint density at radius 2 is 2.06 bits per heavy atom. The van der Waals surface area contributed by atoms with Gasteiger partial charge in [-0.15, -0.1) is 0 Å². The average molecular weight is 243 g/mol. The van der Waals surface area contributed by atoms with Crippen molar-refractivity contribution in [1.82, 2.24) is 0 Å². The first-order valence-electron chi connectivity index (χ1n) is 5.05. The van der Waals surface area contributed by atoms with Gasteiger partial charge in [-0.3, -0.25) is 4.79 Å². The van der Waals surface area contributed by atoms with Gasteiger partial charge in [0.2, 0.25) is 0 Å². The fraction of sp³-hybridized carbons (Fsp3) is 0.417. The van der Waals surface area contributed by atoms with Crippen molar-refractivity contribution in [2.45, 2.75) is 27.2 Å². The summed E-state index contributed by atoms with van der Waals surface area (Å²) in [4.78, 5) is 10.8. The molecular weight excluding hydrogens is 228 g/mol. The second-order valence-electron chi connectivity index (χ2n) is 4.08. The van der Waals surface area contributed by atoms with E-state index in [9.17, 15) is 9.90 Å². The Hall–Kier alpha value is -1.22. The number of phenols is 1. The smallest absolute Gasteiger partial charge is 0.306 e. The third kappa shape index (κ3) is 2.47. The number of rotatable bonds is 3. The van der Waals surface area contributed by atoms with Crippen LogP contribution in [0.5, 0.6) is 5.75 Å². The van der Waals surface area contributed by atoms with Crippen LogP contribution in [0.1, 0.15) is 23.6 Å². The quantitative estimate of drug-likeness (QED) is 0.857. The van der Waals surface area contributed by atoms with E-state index in [1.807, 2.05) is 6.07 Å². The van der Waals surface area contributed by atoms with Crippen LogP contribution in [0.2, 0.25) is 5.02 Å². The highest BCUT2D eigenvalue weighted by Gasteiger charge is 2.16. The zero-order valence-electron chi connectivity index (χ0n) is 9.54. The van der Waals surface area contributed by atoms with E-state index in [-0.39, 0.29) is 5.75 Å². The Balaban J connectivity index is 3.11. The third-order valence-corrected chi connectivity index (χ3v) is 3.21. The number of hydrogen-bond acceptors (Lipinski definition) is 2. The minimum absolute atomic E-state index is 0.0502. The number of aliphatic carboxylic acids is 1. The van der Waals surface area contributed by atoms with Crippen LogP contribution in [0.25, 0.3) is 0 Å². The first-order valence-corrected chi connectivity index (χ1v) is 5.42. The summed E-state index contributed by atoms with van der Waals surface area (Å²) in [5.74, 6) is -1.26. The molecule has 2 N–H and O–H groups in total. The van der Waals surface area contributed by atoms with Crippen LogP contribution in [0.15, 0.2) is 6.07 Å². The molecule has 0 saturated heterocycles. The molecule has 0 saturated carbocycles. The molecule has 1 aromatic rings. The molecule has 1 aromatic carbocycles. The van der Waals surface area contributed by atoms with E-state index >= 15 is 0 Å². The Morgan fingerprint density at radius 3 is 2.56 bits per heavy atom. The summed E-state index contributed by atoms with van der Waals surface area (Å²) in [6.07, 6.45) is 0.396. The van der Waals surface area contributed by atoms with Crippen molar-refractivity contribution in [1.29, 1.82) is 0 Å². The number of aryl methyl sites for hydroxylation is 1. The molecule has 0 radical (unpaired) electrons. The van der Waals surface area contributed by atoms with Crippen LogP contribution in [-0.2, 0) is 11.2 Å². The zero-order valence-corrected chi connectivity index (χ0v) is 10.3. The van der Waals surface area contributed by atoms with Crippen molar-refractivity contribution < 1.29 is 15.0 Å². The second-order valence-corrected chi connectivity index (χ2v) is 4.46. The van der Waals surface area contributed by atoms with Gasteiger partial charge in [-0.1, -0.05) is 24.6 Å². The molecule has 0 spiro atoms. The first kappa shape index (κ1) is 12.8. The van der Waals surface area contributed by atoms with E-state index in [4.69, 9.17) is 16.7 Å². The van der Waals surface area contributed by atoms with Crippen LogP contribution in [-0.4, -0.2) is 16.2 Å². The zero-order chi connectivity index (χ0) is 12.5. The van der Waals surface area contributed by atoms with Gasteiger partial charge in [0.15, 0.2) is 0 Å². The van der Waals surface area contributed by atoms with E-state index in [1.54, 1.807) is 20.8 Å². The number of carboxylic acids is 1. The van der Waals surface area contributed by atoms with Crippen LogP contribution < -0.4 is 0 Å². The Kier molecular flexibility index (Phi) is 3.81. The molecule has 1 atom stereocenters. The molecule has 0 aliphatic heterocycles. The lowest BCUT2D eigenvalue weighted by molar-refractivity contribution is -0.141.